The molecular formula is C14H15ClN4. The Morgan fingerprint density at radius 1 is 1.32 bits per heavy atom. The minimum atomic E-state index is 0.0274. The molecule has 2 aliphatic carbocycles. The summed E-state index contributed by atoms with van der Waals surface area (Å²) >= 11 is 5.91. The highest BCUT2D eigenvalue weighted by Crippen LogP contribution is 2.38. The smallest absolute Gasteiger partial charge is 0.222 e. The predicted octanol–water partition coefficient (Wildman–Crippen LogP) is 2.26. The summed E-state index contributed by atoms with van der Waals surface area (Å²) < 4.78 is 0. The summed E-state index contributed by atoms with van der Waals surface area (Å²) in [5, 5.41) is 0.306. The summed E-state index contributed by atoms with van der Waals surface area (Å²) in [6.07, 6.45) is 7.02. The van der Waals surface area contributed by atoms with Crippen LogP contribution in [-0.2, 0) is 19.3 Å². The van der Waals surface area contributed by atoms with Gasteiger partial charge in [-0.1, -0.05) is 0 Å². The maximum atomic E-state index is 6.19. The Balaban J connectivity index is 1.76. The van der Waals surface area contributed by atoms with Crippen molar-refractivity contribution in [2.45, 2.75) is 37.6 Å². The number of H-pyrrole nitrogens is 1. The van der Waals surface area contributed by atoms with Gasteiger partial charge in [-0.3, -0.25) is 0 Å². The molecule has 2 aromatic rings. The van der Waals surface area contributed by atoms with Gasteiger partial charge in [0, 0.05) is 23.9 Å². The first-order valence-corrected chi connectivity index (χ1v) is 7.02. The second-order valence-corrected chi connectivity index (χ2v) is 6.08. The molecule has 0 amide bonds. The van der Waals surface area contributed by atoms with Gasteiger partial charge in [0.25, 0.3) is 0 Å². The van der Waals surface area contributed by atoms with Crippen molar-refractivity contribution in [3.05, 3.63) is 34.4 Å². The van der Waals surface area contributed by atoms with Gasteiger partial charge >= 0.3 is 0 Å². The molecule has 98 valence electrons. The van der Waals surface area contributed by atoms with Crippen molar-refractivity contribution < 1.29 is 0 Å². The Kier molecular flexibility index (Phi) is 2.29. The highest BCUT2D eigenvalue weighted by Gasteiger charge is 2.38. The lowest BCUT2D eigenvalue weighted by Gasteiger charge is -2.14. The summed E-state index contributed by atoms with van der Waals surface area (Å²) in [4.78, 5) is 11.9. The van der Waals surface area contributed by atoms with Crippen LogP contribution in [-0.4, -0.2) is 20.5 Å². The van der Waals surface area contributed by atoms with E-state index in [1.165, 1.54) is 16.8 Å². The van der Waals surface area contributed by atoms with Crippen LogP contribution in [0.5, 0.6) is 0 Å². The lowest BCUT2D eigenvalue weighted by Crippen LogP contribution is -2.24. The van der Waals surface area contributed by atoms with Crippen molar-refractivity contribution in [3.8, 4) is 11.4 Å². The average Bonchev–Trinajstić information content (AvgIpc) is 2.96. The van der Waals surface area contributed by atoms with E-state index in [2.05, 4.69) is 21.0 Å². The van der Waals surface area contributed by atoms with Crippen molar-refractivity contribution in [1.82, 2.24) is 15.0 Å². The minimum absolute atomic E-state index is 0.0274. The van der Waals surface area contributed by atoms with E-state index >= 15 is 0 Å². The largest absolute Gasteiger partial charge is 0.357 e. The van der Waals surface area contributed by atoms with Gasteiger partial charge in [-0.25, -0.2) is 9.97 Å². The third-order valence-corrected chi connectivity index (χ3v) is 4.31. The van der Waals surface area contributed by atoms with Crippen LogP contribution in [0.2, 0.25) is 5.28 Å². The maximum Gasteiger partial charge on any atom is 0.222 e. The molecule has 2 aliphatic rings. The Hall–Kier alpha value is -1.39. The zero-order valence-electron chi connectivity index (χ0n) is 10.5. The van der Waals surface area contributed by atoms with Gasteiger partial charge in [0.1, 0.15) is 0 Å². The molecule has 0 unspecified atom stereocenters. The number of fused-ring (bicyclic) bond motifs is 3. The number of nitrogens with one attached hydrogen (secondary N) is 1. The number of hydrogen-bond donors (Lipinski definition) is 2. The molecule has 0 atom stereocenters. The van der Waals surface area contributed by atoms with Gasteiger partial charge < -0.3 is 10.7 Å². The number of hydrogen-bond acceptors (Lipinski definition) is 3. The highest BCUT2D eigenvalue weighted by molar-refractivity contribution is 6.28. The van der Waals surface area contributed by atoms with Crippen LogP contribution in [0.4, 0.5) is 0 Å². The summed E-state index contributed by atoms with van der Waals surface area (Å²) in [6.45, 7) is 0. The SMILES string of the molecule is NC1(Cc2cc3c([nH]2)-c2nc(Cl)ncc2CC3)CC1. The Morgan fingerprint density at radius 2 is 2.11 bits per heavy atom. The van der Waals surface area contributed by atoms with Crippen LogP contribution in [0.15, 0.2) is 12.3 Å². The zero-order valence-corrected chi connectivity index (χ0v) is 11.3. The van der Waals surface area contributed by atoms with Gasteiger partial charge in [-0.15, -0.1) is 0 Å². The summed E-state index contributed by atoms with van der Waals surface area (Å²) in [6, 6.07) is 2.24. The van der Waals surface area contributed by atoms with Gasteiger partial charge in [-0.2, -0.15) is 0 Å². The van der Waals surface area contributed by atoms with E-state index in [9.17, 15) is 0 Å². The fourth-order valence-electron chi connectivity index (χ4n) is 2.83. The molecule has 1 fully saturated rings. The summed E-state index contributed by atoms with van der Waals surface area (Å²) in [5.74, 6) is 0. The standard InChI is InChI=1S/C14H15ClN4/c15-13-17-7-9-2-1-8-5-10(6-14(16)3-4-14)18-11(8)12(9)19-13/h5,7,18H,1-4,6,16H2. The lowest BCUT2D eigenvalue weighted by atomic mass is 9.95. The van der Waals surface area contributed by atoms with E-state index in [4.69, 9.17) is 17.3 Å². The van der Waals surface area contributed by atoms with Crippen LogP contribution in [0.25, 0.3) is 11.4 Å². The molecule has 4 rings (SSSR count). The van der Waals surface area contributed by atoms with Crippen molar-refractivity contribution in [3.63, 3.8) is 0 Å². The van der Waals surface area contributed by atoms with E-state index in [1.807, 2.05) is 6.20 Å². The molecule has 0 radical (unpaired) electrons. The van der Waals surface area contributed by atoms with Crippen molar-refractivity contribution >= 4 is 11.6 Å². The number of halogens is 1. The Bertz CT molecular complexity index is 657. The first kappa shape index (κ1) is 11.4. The van der Waals surface area contributed by atoms with E-state index in [0.717, 1.165) is 43.5 Å². The zero-order chi connectivity index (χ0) is 13.0. The fourth-order valence-corrected chi connectivity index (χ4v) is 2.97. The van der Waals surface area contributed by atoms with Gasteiger partial charge in [0.15, 0.2) is 0 Å². The molecule has 2 aromatic heterocycles. The number of nitrogens with two attached hydrogens (primary N) is 1. The molecule has 3 N–H and O–H groups in total. The predicted molar refractivity (Wildman–Crippen MR) is 74.1 cm³/mol. The Morgan fingerprint density at radius 3 is 2.89 bits per heavy atom. The molecule has 5 heteroatoms. The fraction of sp³-hybridized carbons (Fsp3) is 0.429. The third-order valence-electron chi connectivity index (χ3n) is 4.13. The number of aromatic nitrogens is 3. The molecule has 4 nitrogen and oxygen atoms in total. The van der Waals surface area contributed by atoms with Gasteiger partial charge in [-0.05, 0) is 54.5 Å². The molecular weight excluding hydrogens is 260 g/mol. The molecule has 2 heterocycles. The molecule has 0 aromatic carbocycles. The van der Waals surface area contributed by atoms with E-state index < -0.39 is 0 Å². The van der Waals surface area contributed by atoms with E-state index in [1.54, 1.807) is 0 Å². The number of aryl methyl sites for hydroxylation is 2. The lowest BCUT2D eigenvalue weighted by molar-refractivity contribution is 0.662. The van der Waals surface area contributed by atoms with Crippen LogP contribution >= 0.6 is 11.6 Å². The summed E-state index contributed by atoms with van der Waals surface area (Å²) in [7, 11) is 0. The van der Waals surface area contributed by atoms with E-state index in [-0.39, 0.29) is 5.54 Å². The van der Waals surface area contributed by atoms with Gasteiger partial charge in [0.05, 0.1) is 11.4 Å². The van der Waals surface area contributed by atoms with Crippen LogP contribution < -0.4 is 5.73 Å². The monoisotopic (exact) mass is 274 g/mol. The molecule has 19 heavy (non-hydrogen) atoms. The molecule has 0 bridgehead atoms. The number of nitrogens with zero attached hydrogens (tertiary/aromatic N) is 2. The minimum Gasteiger partial charge on any atom is -0.357 e. The van der Waals surface area contributed by atoms with Crippen molar-refractivity contribution in [2.75, 3.05) is 0 Å². The third kappa shape index (κ3) is 1.95. The topological polar surface area (TPSA) is 67.6 Å². The quantitative estimate of drug-likeness (QED) is 0.826. The second kappa shape index (κ2) is 3.81. The van der Waals surface area contributed by atoms with Crippen LogP contribution in [0.3, 0.4) is 0 Å². The van der Waals surface area contributed by atoms with Crippen LogP contribution in [0.1, 0.15) is 29.7 Å². The number of rotatable bonds is 2. The normalized spacial score (nSPS) is 18.8. The number of aromatic amines is 1. The van der Waals surface area contributed by atoms with Gasteiger partial charge in [0.2, 0.25) is 5.28 Å². The van der Waals surface area contributed by atoms with E-state index in [0.29, 0.717) is 5.28 Å². The molecule has 1 saturated carbocycles. The van der Waals surface area contributed by atoms with Crippen molar-refractivity contribution in [2.24, 2.45) is 5.73 Å². The first-order valence-electron chi connectivity index (χ1n) is 6.64. The first-order chi connectivity index (χ1) is 9.13. The summed E-state index contributed by atoms with van der Waals surface area (Å²) in [5.41, 5.74) is 12.0. The second-order valence-electron chi connectivity index (χ2n) is 5.75. The van der Waals surface area contributed by atoms with Crippen LogP contribution in [0, 0.1) is 0 Å². The average molecular weight is 275 g/mol. The van der Waals surface area contributed by atoms with Crippen molar-refractivity contribution in [1.29, 1.82) is 0 Å². The molecule has 0 spiro atoms. The highest BCUT2D eigenvalue weighted by atomic mass is 35.5. The molecule has 0 aliphatic heterocycles. The molecule has 0 saturated heterocycles. The Labute approximate surface area is 116 Å². The maximum absolute atomic E-state index is 6.19.